The standard InChI is InChI=1S/C21H20N4OS/c1-14-5-3-4-6-16(14)18-13-17-19(27-18)20(26)25(2)21(24-17)23-12-9-15-7-10-22-11-8-15/h3-8,10-11,13H,9,12H2,1-2H3,(H,23,24). The van der Waals surface area contributed by atoms with E-state index in [0.717, 1.165) is 22.4 Å². The van der Waals surface area contributed by atoms with Crippen molar-refractivity contribution in [3.05, 3.63) is 76.3 Å². The third-order valence-corrected chi connectivity index (χ3v) is 5.76. The zero-order valence-electron chi connectivity index (χ0n) is 15.3. The highest BCUT2D eigenvalue weighted by atomic mass is 32.1. The van der Waals surface area contributed by atoms with Gasteiger partial charge < -0.3 is 5.32 Å². The predicted molar refractivity (Wildman–Crippen MR) is 111 cm³/mol. The zero-order chi connectivity index (χ0) is 18.8. The van der Waals surface area contributed by atoms with Crippen molar-refractivity contribution in [1.82, 2.24) is 14.5 Å². The molecule has 0 amide bonds. The SMILES string of the molecule is Cc1ccccc1-c1cc2nc(NCCc3ccncc3)n(C)c(=O)c2s1. The number of hydrogen-bond donors (Lipinski definition) is 1. The monoisotopic (exact) mass is 376 g/mol. The Kier molecular flexibility index (Phi) is 4.73. The van der Waals surface area contributed by atoms with Crippen LogP contribution in [0.2, 0.25) is 0 Å². The van der Waals surface area contributed by atoms with Crippen molar-refractivity contribution in [2.75, 3.05) is 11.9 Å². The molecule has 4 rings (SSSR count). The topological polar surface area (TPSA) is 59.8 Å². The summed E-state index contributed by atoms with van der Waals surface area (Å²) in [4.78, 5) is 22.6. The van der Waals surface area contributed by atoms with E-state index in [-0.39, 0.29) is 5.56 Å². The maximum absolute atomic E-state index is 12.8. The van der Waals surface area contributed by atoms with Crippen molar-refractivity contribution < 1.29 is 0 Å². The van der Waals surface area contributed by atoms with Gasteiger partial charge in [0.25, 0.3) is 5.56 Å². The molecule has 0 aliphatic carbocycles. The minimum absolute atomic E-state index is 0.0174. The molecule has 4 aromatic rings. The number of hydrogen-bond acceptors (Lipinski definition) is 5. The first-order valence-electron chi connectivity index (χ1n) is 8.83. The van der Waals surface area contributed by atoms with Crippen LogP contribution in [-0.4, -0.2) is 21.1 Å². The molecule has 27 heavy (non-hydrogen) atoms. The van der Waals surface area contributed by atoms with E-state index in [2.05, 4.69) is 29.4 Å². The van der Waals surface area contributed by atoms with E-state index < -0.39 is 0 Å². The third-order valence-electron chi connectivity index (χ3n) is 4.61. The highest BCUT2D eigenvalue weighted by Gasteiger charge is 2.13. The lowest BCUT2D eigenvalue weighted by molar-refractivity contribution is 0.835. The summed E-state index contributed by atoms with van der Waals surface area (Å²) in [7, 11) is 1.76. The van der Waals surface area contributed by atoms with Crippen LogP contribution in [0.1, 0.15) is 11.1 Å². The Morgan fingerprint density at radius 1 is 1.15 bits per heavy atom. The Morgan fingerprint density at radius 3 is 2.70 bits per heavy atom. The molecule has 0 aliphatic heterocycles. The molecule has 0 saturated carbocycles. The van der Waals surface area contributed by atoms with E-state index in [9.17, 15) is 4.79 Å². The molecule has 6 heteroatoms. The van der Waals surface area contributed by atoms with Gasteiger partial charge in [-0.05, 0) is 48.2 Å². The molecule has 0 aliphatic rings. The molecule has 0 radical (unpaired) electrons. The fraction of sp³-hybridized carbons (Fsp3) is 0.190. The minimum atomic E-state index is -0.0174. The Bertz CT molecular complexity index is 1150. The summed E-state index contributed by atoms with van der Waals surface area (Å²) < 4.78 is 2.28. The number of nitrogens with zero attached hydrogens (tertiary/aromatic N) is 3. The molecular formula is C21H20N4OS. The molecule has 1 N–H and O–H groups in total. The normalized spacial score (nSPS) is 11.0. The van der Waals surface area contributed by atoms with Gasteiger partial charge in [-0.2, -0.15) is 0 Å². The van der Waals surface area contributed by atoms with Gasteiger partial charge in [0.2, 0.25) is 5.95 Å². The summed E-state index contributed by atoms with van der Waals surface area (Å²) in [5.41, 5.74) is 4.26. The van der Waals surface area contributed by atoms with Crippen molar-refractivity contribution in [3.8, 4) is 10.4 Å². The van der Waals surface area contributed by atoms with Crippen molar-refractivity contribution >= 4 is 27.5 Å². The van der Waals surface area contributed by atoms with Crippen LogP contribution < -0.4 is 10.9 Å². The van der Waals surface area contributed by atoms with Gasteiger partial charge in [0.1, 0.15) is 4.70 Å². The van der Waals surface area contributed by atoms with E-state index in [4.69, 9.17) is 4.98 Å². The maximum Gasteiger partial charge on any atom is 0.272 e. The molecule has 0 saturated heterocycles. The Morgan fingerprint density at radius 2 is 1.93 bits per heavy atom. The highest BCUT2D eigenvalue weighted by molar-refractivity contribution is 7.22. The van der Waals surface area contributed by atoms with Crippen LogP contribution in [0, 0.1) is 6.92 Å². The molecule has 3 heterocycles. The van der Waals surface area contributed by atoms with Gasteiger partial charge in [0, 0.05) is 30.9 Å². The Balaban J connectivity index is 1.64. The number of rotatable bonds is 5. The molecule has 3 aromatic heterocycles. The van der Waals surface area contributed by atoms with Crippen molar-refractivity contribution in [3.63, 3.8) is 0 Å². The van der Waals surface area contributed by atoms with Crippen LogP contribution in [0.5, 0.6) is 0 Å². The summed E-state index contributed by atoms with van der Waals surface area (Å²) in [5, 5.41) is 3.29. The second kappa shape index (κ2) is 7.32. The molecule has 5 nitrogen and oxygen atoms in total. The first kappa shape index (κ1) is 17.4. The maximum atomic E-state index is 12.8. The van der Waals surface area contributed by atoms with E-state index in [1.807, 2.05) is 30.3 Å². The van der Waals surface area contributed by atoms with Crippen molar-refractivity contribution in [1.29, 1.82) is 0 Å². The van der Waals surface area contributed by atoms with E-state index >= 15 is 0 Å². The predicted octanol–water partition coefficient (Wildman–Crippen LogP) is 4.02. The van der Waals surface area contributed by atoms with Gasteiger partial charge in [0.05, 0.1) is 5.52 Å². The summed E-state index contributed by atoms with van der Waals surface area (Å²) in [6, 6.07) is 14.2. The van der Waals surface area contributed by atoms with Crippen LogP contribution >= 0.6 is 11.3 Å². The van der Waals surface area contributed by atoms with E-state index in [1.165, 1.54) is 22.5 Å². The molecule has 1 aromatic carbocycles. The van der Waals surface area contributed by atoms with E-state index in [1.54, 1.807) is 24.0 Å². The lowest BCUT2D eigenvalue weighted by atomic mass is 10.1. The average Bonchev–Trinajstić information content (AvgIpc) is 3.11. The number of pyridine rings is 1. The van der Waals surface area contributed by atoms with Crippen LogP contribution in [0.25, 0.3) is 20.7 Å². The van der Waals surface area contributed by atoms with Gasteiger partial charge in [-0.3, -0.25) is 14.3 Å². The first-order valence-corrected chi connectivity index (χ1v) is 9.64. The number of thiophene rings is 1. The number of aryl methyl sites for hydroxylation is 1. The van der Waals surface area contributed by atoms with Crippen LogP contribution in [0.15, 0.2) is 59.7 Å². The highest BCUT2D eigenvalue weighted by Crippen LogP contribution is 2.33. The number of anilines is 1. The Labute approximate surface area is 161 Å². The second-order valence-corrected chi connectivity index (χ2v) is 7.52. The molecule has 0 bridgehead atoms. The fourth-order valence-electron chi connectivity index (χ4n) is 3.06. The molecule has 136 valence electrons. The van der Waals surface area contributed by atoms with Gasteiger partial charge in [0.15, 0.2) is 0 Å². The first-order chi connectivity index (χ1) is 13.1. The largest absolute Gasteiger partial charge is 0.355 e. The molecular weight excluding hydrogens is 356 g/mol. The van der Waals surface area contributed by atoms with Gasteiger partial charge in [-0.15, -0.1) is 11.3 Å². The molecule has 0 atom stereocenters. The molecule has 0 unspecified atom stereocenters. The van der Waals surface area contributed by atoms with E-state index in [0.29, 0.717) is 17.2 Å². The smallest absolute Gasteiger partial charge is 0.272 e. The Hall–Kier alpha value is -2.99. The third kappa shape index (κ3) is 3.48. The fourth-order valence-corrected chi connectivity index (χ4v) is 4.23. The summed E-state index contributed by atoms with van der Waals surface area (Å²) in [6.45, 7) is 2.78. The van der Waals surface area contributed by atoms with Crippen LogP contribution in [-0.2, 0) is 13.5 Å². The average molecular weight is 376 g/mol. The summed E-state index contributed by atoms with van der Waals surface area (Å²) in [6.07, 6.45) is 4.41. The van der Waals surface area contributed by atoms with Crippen LogP contribution in [0.3, 0.4) is 0 Å². The zero-order valence-corrected chi connectivity index (χ0v) is 16.1. The second-order valence-electron chi connectivity index (χ2n) is 6.47. The summed E-state index contributed by atoms with van der Waals surface area (Å²) >= 11 is 1.50. The number of fused-ring (bicyclic) bond motifs is 1. The van der Waals surface area contributed by atoms with Crippen molar-refractivity contribution in [2.24, 2.45) is 7.05 Å². The van der Waals surface area contributed by atoms with Gasteiger partial charge in [-0.1, -0.05) is 24.3 Å². The molecule has 0 spiro atoms. The van der Waals surface area contributed by atoms with Gasteiger partial charge in [-0.25, -0.2) is 4.98 Å². The van der Waals surface area contributed by atoms with Crippen molar-refractivity contribution in [2.45, 2.75) is 13.3 Å². The minimum Gasteiger partial charge on any atom is -0.355 e. The summed E-state index contributed by atoms with van der Waals surface area (Å²) in [5.74, 6) is 0.593. The number of benzene rings is 1. The lowest BCUT2D eigenvalue weighted by Crippen LogP contribution is -2.22. The molecule has 0 fully saturated rings. The van der Waals surface area contributed by atoms with Gasteiger partial charge >= 0.3 is 0 Å². The van der Waals surface area contributed by atoms with Crippen LogP contribution in [0.4, 0.5) is 5.95 Å². The number of aromatic nitrogens is 3. The lowest BCUT2D eigenvalue weighted by Gasteiger charge is -2.09. The number of nitrogens with one attached hydrogen (secondary N) is 1. The quantitative estimate of drug-likeness (QED) is 0.571.